The Labute approximate surface area is 161 Å². The summed E-state index contributed by atoms with van der Waals surface area (Å²) in [6.45, 7) is 4.71. The summed E-state index contributed by atoms with van der Waals surface area (Å²) < 4.78 is 21.3. The molecule has 0 aliphatic rings. The highest BCUT2D eigenvalue weighted by atomic mass is 19.1. The fraction of sp³-hybridized carbons (Fsp3) is 0.190. The van der Waals surface area contributed by atoms with Crippen LogP contribution in [0.15, 0.2) is 53.1 Å². The fourth-order valence-corrected chi connectivity index (χ4v) is 3.23. The number of halogens is 1. The van der Waals surface area contributed by atoms with E-state index in [1.807, 2.05) is 48.9 Å². The third-order valence-corrected chi connectivity index (χ3v) is 4.60. The minimum absolute atomic E-state index is 0.0534. The molecule has 2 aromatic carbocycles. The summed E-state index contributed by atoms with van der Waals surface area (Å²) in [6.07, 6.45) is 0. The second-order valence-corrected chi connectivity index (χ2v) is 6.68. The van der Waals surface area contributed by atoms with Crippen molar-refractivity contribution in [3.63, 3.8) is 0 Å². The minimum Gasteiger partial charge on any atom is -0.334 e. The number of hydrogen-bond donors (Lipinski definition) is 1. The highest BCUT2D eigenvalue weighted by molar-refractivity contribution is 5.63. The SMILES string of the molecule is Cc1cc(C)n(Cc2cccc(-c3noc(-c4cccc(F)c4CN)n3)c2)n1. The van der Waals surface area contributed by atoms with Crippen LogP contribution in [0.4, 0.5) is 4.39 Å². The summed E-state index contributed by atoms with van der Waals surface area (Å²) >= 11 is 0. The van der Waals surface area contributed by atoms with Crippen molar-refractivity contribution in [2.45, 2.75) is 26.9 Å². The zero-order chi connectivity index (χ0) is 19.7. The van der Waals surface area contributed by atoms with Crippen LogP contribution in [-0.4, -0.2) is 19.9 Å². The van der Waals surface area contributed by atoms with Gasteiger partial charge >= 0.3 is 0 Å². The van der Waals surface area contributed by atoms with Gasteiger partial charge in [-0.3, -0.25) is 4.68 Å². The largest absolute Gasteiger partial charge is 0.334 e. The Balaban J connectivity index is 1.64. The number of aromatic nitrogens is 4. The number of hydrogen-bond acceptors (Lipinski definition) is 5. The molecule has 142 valence electrons. The lowest BCUT2D eigenvalue weighted by atomic mass is 10.1. The fourth-order valence-electron chi connectivity index (χ4n) is 3.23. The molecule has 6 nitrogen and oxygen atoms in total. The van der Waals surface area contributed by atoms with Crippen LogP contribution in [0.3, 0.4) is 0 Å². The minimum atomic E-state index is -0.383. The van der Waals surface area contributed by atoms with E-state index >= 15 is 0 Å². The lowest BCUT2D eigenvalue weighted by Crippen LogP contribution is -2.04. The number of nitrogens with two attached hydrogens (primary N) is 1. The molecule has 0 amide bonds. The molecular formula is C21H20FN5O. The quantitative estimate of drug-likeness (QED) is 0.571. The van der Waals surface area contributed by atoms with Gasteiger partial charge in [-0.2, -0.15) is 10.1 Å². The first-order valence-electron chi connectivity index (χ1n) is 8.97. The molecule has 0 saturated heterocycles. The molecule has 2 N–H and O–H groups in total. The molecule has 2 aromatic heterocycles. The molecule has 4 rings (SSSR count). The van der Waals surface area contributed by atoms with Crippen molar-refractivity contribution in [2.75, 3.05) is 0 Å². The van der Waals surface area contributed by atoms with Gasteiger partial charge in [-0.15, -0.1) is 0 Å². The first-order chi connectivity index (χ1) is 13.5. The Hall–Kier alpha value is -3.32. The van der Waals surface area contributed by atoms with Crippen LogP contribution in [0, 0.1) is 19.7 Å². The predicted molar refractivity (Wildman–Crippen MR) is 104 cm³/mol. The van der Waals surface area contributed by atoms with E-state index < -0.39 is 0 Å². The van der Waals surface area contributed by atoms with Gasteiger partial charge in [0.2, 0.25) is 5.82 Å². The van der Waals surface area contributed by atoms with Crippen molar-refractivity contribution >= 4 is 0 Å². The van der Waals surface area contributed by atoms with Gasteiger partial charge in [0.05, 0.1) is 12.2 Å². The molecule has 0 spiro atoms. The van der Waals surface area contributed by atoms with Crippen molar-refractivity contribution in [2.24, 2.45) is 5.73 Å². The van der Waals surface area contributed by atoms with Gasteiger partial charge in [0.25, 0.3) is 5.89 Å². The molecule has 7 heteroatoms. The standard InChI is InChI=1S/C21H20FN5O/c1-13-9-14(2)27(25-13)12-15-5-3-6-16(10-15)20-24-21(28-26-20)17-7-4-8-19(22)18(17)11-23/h3-10H,11-12,23H2,1-2H3. The first kappa shape index (κ1) is 18.1. The summed E-state index contributed by atoms with van der Waals surface area (Å²) in [7, 11) is 0. The molecule has 0 radical (unpaired) electrons. The van der Waals surface area contributed by atoms with Gasteiger partial charge < -0.3 is 10.3 Å². The van der Waals surface area contributed by atoms with Gasteiger partial charge in [-0.25, -0.2) is 4.39 Å². The van der Waals surface area contributed by atoms with Gasteiger partial charge in [0, 0.05) is 28.9 Å². The molecular weight excluding hydrogens is 357 g/mol. The third-order valence-electron chi connectivity index (χ3n) is 4.60. The van der Waals surface area contributed by atoms with Crippen LogP contribution in [0.2, 0.25) is 0 Å². The van der Waals surface area contributed by atoms with Crippen molar-refractivity contribution in [1.29, 1.82) is 0 Å². The molecule has 0 unspecified atom stereocenters. The average Bonchev–Trinajstić information content (AvgIpc) is 3.28. The van der Waals surface area contributed by atoms with Crippen molar-refractivity contribution in [3.05, 3.63) is 76.9 Å². The normalized spacial score (nSPS) is 11.1. The molecule has 4 aromatic rings. The van der Waals surface area contributed by atoms with Crippen LogP contribution >= 0.6 is 0 Å². The second kappa shape index (κ2) is 7.36. The first-order valence-corrected chi connectivity index (χ1v) is 8.97. The van der Waals surface area contributed by atoms with Crippen LogP contribution in [0.25, 0.3) is 22.8 Å². The highest BCUT2D eigenvalue weighted by Gasteiger charge is 2.16. The summed E-state index contributed by atoms with van der Waals surface area (Å²) in [5, 5.41) is 8.56. The Morgan fingerprint density at radius 2 is 1.93 bits per heavy atom. The highest BCUT2D eigenvalue weighted by Crippen LogP contribution is 2.27. The molecule has 0 atom stereocenters. The van der Waals surface area contributed by atoms with E-state index in [4.69, 9.17) is 10.3 Å². The maximum absolute atomic E-state index is 14.0. The lowest BCUT2D eigenvalue weighted by molar-refractivity contribution is 0.431. The Kier molecular flexibility index (Phi) is 4.75. The van der Waals surface area contributed by atoms with Crippen LogP contribution in [0.1, 0.15) is 22.5 Å². The Morgan fingerprint density at radius 1 is 1.11 bits per heavy atom. The van der Waals surface area contributed by atoms with E-state index in [1.54, 1.807) is 12.1 Å². The van der Waals surface area contributed by atoms with E-state index in [0.29, 0.717) is 23.5 Å². The maximum Gasteiger partial charge on any atom is 0.258 e. The topological polar surface area (TPSA) is 82.8 Å². The molecule has 28 heavy (non-hydrogen) atoms. The van der Waals surface area contributed by atoms with E-state index in [0.717, 1.165) is 22.5 Å². The molecule has 2 heterocycles. The number of rotatable bonds is 5. The summed E-state index contributed by atoms with van der Waals surface area (Å²) in [5.74, 6) is 0.308. The molecule has 0 saturated carbocycles. The van der Waals surface area contributed by atoms with Gasteiger partial charge in [-0.05, 0) is 43.7 Å². The van der Waals surface area contributed by atoms with Crippen molar-refractivity contribution in [1.82, 2.24) is 19.9 Å². The van der Waals surface area contributed by atoms with Gasteiger partial charge in [-0.1, -0.05) is 29.4 Å². The number of aryl methyl sites for hydroxylation is 2. The van der Waals surface area contributed by atoms with E-state index in [2.05, 4.69) is 15.2 Å². The second-order valence-electron chi connectivity index (χ2n) is 6.68. The van der Waals surface area contributed by atoms with Gasteiger partial charge in [0.15, 0.2) is 0 Å². The molecule has 0 aliphatic carbocycles. The van der Waals surface area contributed by atoms with Crippen LogP contribution < -0.4 is 5.73 Å². The smallest absolute Gasteiger partial charge is 0.258 e. The van der Waals surface area contributed by atoms with Crippen LogP contribution in [-0.2, 0) is 13.1 Å². The van der Waals surface area contributed by atoms with E-state index in [9.17, 15) is 4.39 Å². The monoisotopic (exact) mass is 377 g/mol. The number of benzene rings is 2. The lowest BCUT2D eigenvalue weighted by Gasteiger charge is -2.06. The zero-order valence-electron chi connectivity index (χ0n) is 15.7. The Bertz CT molecular complexity index is 1130. The van der Waals surface area contributed by atoms with E-state index in [-0.39, 0.29) is 18.3 Å². The molecule has 0 fully saturated rings. The molecule has 0 aliphatic heterocycles. The Morgan fingerprint density at radius 3 is 2.68 bits per heavy atom. The molecule has 0 bridgehead atoms. The summed E-state index contributed by atoms with van der Waals surface area (Å²) in [5.41, 5.74) is 10.5. The average molecular weight is 377 g/mol. The predicted octanol–water partition coefficient (Wildman–Crippen LogP) is 3.86. The summed E-state index contributed by atoms with van der Waals surface area (Å²) in [4.78, 5) is 4.45. The number of nitrogens with zero attached hydrogens (tertiary/aromatic N) is 4. The van der Waals surface area contributed by atoms with Crippen molar-refractivity contribution < 1.29 is 8.91 Å². The van der Waals surface area contributed by atoms with Gasteiger partial charge in [0.1, 0.15) is 5.82 Å². The third kappa shape index (κ3) is 3.44. The maximum atomic E-state index is 14.0. The zero-order valence-corrected chi connectivity index (χ0v) is 15.7. The van der Waals surface area contributed by atoms with Crippen LogP contribution in [0.5, 0.6) is 0 Å². The van der Waals surface area contributed by atoms with Crippen molar-refractivity contribution in [3.8, 4) is 22.8 Å². The van der Waals surface area contributed by atoms with E-state index in [1.165, 1.54) is 6.07 Å². The summed E-state index contributed by atoms with van der Waals surface area (Å²) in [6, 6.07) is 14.6.